The van der Waals surface area contributed by atoms with Gasteiger partial charge >= 0.3 is 0 Å². The Bertz CT molecular complexity index is 708. The third kappa shape index (κ3) is 4.88. The summed E-state index contributed by atoms with van der Waals surface area (Å²) in [5.41, 5.74) is 2.41. The molecule has 0 amide bonds. The minimum Gasteiger partial charge on any atom is -0.497 e. The van der Waals surface area contributed by atoms with Crippen molar-refractivity contribution in [3.05, 3.63) is 47.5 Å². The van der Waals surface area contributed by atoms with Crippen molar-refractivity contribution < 1.29 is 28.7 Å². The monoisotopic (exact) mass is 388 g/mol. The lowest BCUT2D eigenvalue weighted by atomic mass is 10.1. The summed E-state index contributed by atoms with van der Waals surface area (Å²) in [5, 5.41) is 0. The predicted molar refractivity (Wildman–Crippen MR) is 108 cm³/mol. The second-order valence-electron chi connectivity index (χ2n) is 7.21. The number of piperazine rings is 1. The maximum atomic E-state index is 5.53. The average molecular weight is 389 g/mol. The first-order valence-corrected chi connectivity index (χ1v) is 9.75. The van der Waals surface area contributed by atoms with Gasteiger partial charge in [0.15, 0.2) is 0 Å². The van der Waals surface area contributed by atoms with Crippen molar-refractivity contribution in [2.24, 2.45) is 0 Å². The quantitative estimate of drug-likeness (QED) is 0.679. The van der Waals surface area contributed by atoms with E-state index in [1.54, 1.807) is 38.2 Å². The minimum absolute atomic E-state index is 0.879. The van der Waals surface area contributed by atoms with Crippen molar-refractivity contribution in [2.45, 2.75) is 13.1 Å². The fourth-order valence-electron chi connectivity index (χ4n) is 3.89. The van der Waals surface area contributed by atoms with E-state index in [1.165, 1.54) is 11.1 Å². The van der Waals surface area contributed by atoms with Crippen LogP contribution in [0.1, 0.15) is 11.1 Å². The molecule has 1 aliphatic heterocycles. The summed E-state index contributed by atoms with van der Waals surface area (Å²) in [6.45, 7) is 6.42. The Morgan fingerprint density at radius 3 is 1.32 bits per heavy atom. The number of hydrogen-bond acceptors (Lipinski definition) is 4. The maximum absolute atomic E-state index is 5.53. The zero-order valence-corrected chi connectivity index (χ0v) is 17.3. The summed E-state index contributed by atoms with van der Waals surface area (Å²) in [4.78, 5) is 3.15. The van der Waals surface area contributed by atoms with E-state index in [9.17, 15) is 0 Å². The summed E-state index contributed by atoms with van der Waals surface area (Å²) in [7, 11) is 6.86. The summed E-state index contributed by atoms with van der Waals surface area (Å²) in [5.74, 6) is 3.63. The smallest absolute Gasteiger partial charge is 0.127 e. The van der Waals surface area contributed by atoms with Crippen LogP contribution in [0, 0.1) is 0 Å². The molecule has 1 fully saturated rings. The van der Waals surface area contributed by atoms with E-state index in [-0.39, 0.29) is 0 Å². The molecule has 0 bridgehead atoms. The van der Waals surface area contributed by atoms with Crippen LogP contribution in [0.3, 0.4) is 0 Å². The highest BCUT2D eigenvalue weighted by Gasteiger charge is 2.25. The molecule has 6 heteroatoms. The fourth-order valence-corrected chi connectivity index (χ4v) is 3.89. The number of quaternary nitrogens is 2. The molecule has 2 aromatic carbocycles. The van der Waals surface area contributed by atoms with Gasteiger partial charge in [-0.2, -0.15) is 0 Å². The molecule has 3 rings (SSSR count). The van der Waals surface area contributed by atoms with Gasteiger partial charge in [-0.25, -0.2) is 0 Å². The van der Waals surface area contributed by atoms with E-state index in [0.717, 1.165) is 62.3 Å². The van der Waals surface area contributed by atoms with Crippen molar-refractivity contribution in [2.75, 3.05) is 54.6 Å². The van der Waals surface area contributed by atoms with Crippen LogP contribution in [0.25, 0.3) is 0 Å². The van der Waals surface area contributed by atoms with Crippen molar-refractivity contribution in [3.8, 4) is 23.0 Å². The second-order valence-corrected chi connectivity index (χ2v) is 7.21. The molecule has 28 heavy (non-hydrogen) atoms. The van der Waals surface area contributed by atoms with Gasteiger partial charge in [0.05, 0.1) is 39.6 Å². The van der Waals surface area contributed by atoms with Crippen LogP contribution in [-0.4, -0.2) is 54.6 Å². The standard InChI is InChI=1S/C22H30N2O4/c1-25-19-5-7-21(27-3)17(13-19)15-23-9-11-24(12-10-23)16-18-14-20(26-2)6-8-22(18)28-4/h5-8,13-14H,9-12,15-16H2,1-4H3/p+2. The van der Waals surface area contributed by atoms with Crippen LogP contribution in [0.15, 0.2) is 36.4 Å². The number of rotatable bonds is 8. The van der Waals surface area contributed by atoms with Crippen LogP contribution < -0.4 is 28.7 Å². The lowest BCUT2D eigenvalue weighted by Gasteiger charge is -2.30. The molecule has 152 valence electrons. The largest absolute Gasteiger partial charge is 0.497 e. The third-order valence-corrected chi connectivity index (χ3v) is 5.52. The third-order valence-electron chi connectivity index (χ3n) is 5.52. The molecule has 2 aromatic rings. The van der Waals surface area contributed by atoms with Crippen molar-refractivity contribution in [1.82, 2.24) is 0 Å². The molecule has 2 N–H and O–H groups in total. The summed E-state index contributed by atoms with van der Waals surface area (Å²) in [6, 6.07) is 12.1. The van der Waals surface area contributed by atoms with E-state index < -0.39 is 0 Å². The average Bonchev–Trinajstić information content (AvgIpc) is 2.75. The Kier molecular flexibility index (Phi) is 7.01. The van der Waals surface area contributed by atoms with Crippen LogP contribution in [0.5, 0.6) is 23.0 Å². The van der Waals surface area contributed by atoms with Crippen molar-refractivity contribution in [3.63, 3.8) is 0 Å². The van der Waals surface area contributed by atoms with Gasteiger partial charge in [0.1, 0.15) is 62.3 Å². The summed E-state index contributed by atoms with van der Waals surface area (Å²) in [6.07, 6.45) is 0. The Hall–Kier alpha value is -2.44. The molecule has 6 nitrogen and oxygen atoms in total. The SMILES string of the molecule is COc1ccc(OC)c(C[NH+]2CC[NH+](Cc3cc(OC)ccc3OC)CC2)c1. The van der Waals surface area contributed by atoms with Crippen molar-refractivity contribution in [1.29, 1.82) is 0 Å². The molecule has 1 saturated heterocycles. The van der Waals surface area contributed by atoms with Gasteiger partial charge in [-0.15, -0.1) is 0 Å². The van der Waals surface area contributed by atoms with Gasteiger partial charge in [0, 0.05) is 0 Å². The highest BCUT2D eigenvalue weighted by molar-refractivity contribution is 5.40. The zero-order chi connectivity index (χ0) is 19.9. The van der Waals surface area contributed by atoms with Gasteiger partial charge < -0.3 is 28.7 Å². The van der Waals surface area contributed by atoms with Gasteiger partial charge in [-0.05, 0) is 36.4 Å². The van der Waals surface area contributed by atoms with Crippen LogP contribution in [-0.2, 0) is 13.1 Å². The lowest BCUT2D eigenvalue weighted by Crippen LogP contribution is -3.27. The van der Waals surface area contributed by atoms with Crippen molar-refractivity contribution >= 4 is 0 Å². The summed E-state index contributed by atoms with van der Waals surface area (Å²) >= 11 is 0. The first-order chi connectivity index (χ1) is 13.7. The molecule has 0 aromatic heterocycles. The predicted octanol–water partition coefficient (Wildman–Crippen LogP) is 0.205. The number of methoxy groups -OCH3 is 4. The number of ether oxygens (including phenoxy) is 4. The highest BCUT2D eigenvalue weighted by atomic mass is 16.5. The first kappa shape index (κ1) is 20.3. The highest BCUT2D eigenvalue weighted by Crippen LogP contribution is 2.24. The van der Waals surface area contributed by atoms with E-state index in [4.69, 9.17) is 18.9 Å². The minimum atomic E-state index is 0.879. The lowest BCUT2D eigenvalue weighted by molar-refractivity contribution is -1.02. The molecule has 0 saturated carbocycles. The number of benzene rings is 2. The molecule has 0 aliphatic carbocycles. The zero-order valence-electron chi connectivity index (χ0n) is 17.3. The summed E-state index contributed by atoms with van der Waals surface area (Å²) < 4.78 is 21.8. The second kappa shape index (κ2) is 9.66. The fraction of sp³-hybridized carbons (Fsp3) is 0.455. The van der Waals surface area contributed by atoms with E-state index in [1.807, 2.05) is 24.3 Å². The van der Waals surface area contributed by atoms with E-state index in [0.29, 0.717) is 0 Å². The molecule has 0 radical (unpaired) electrons. The Morgan fingerprint density at radius 2 is 1.00 bits per heavy atom. The van der Waals surface area contributed by atoms with Crippen LogP contribution in [0.4, 0.5) is 0 Å². The van der Waals surface area contributed by atoms with E-state index >= 15 is 0 Å². The topological polar surface area (TPSA) is 45.8 Å². The molecule has 0 atom stereocenters. The Morgan fingerprint density at radius 1 is 0.607 bits per heavy atom. The van der Waals surface area contributed by atoms with Crippen LogP contribution in [0.2, 0.25) is 0 Å². The molecule has 1 aliphatic rings. The number of hydrogen-bond donors (Lipinski definition) is 2. The first-order valence-electron chi connectivity index (χ1n) is 9.75. The molecular weight excluding hydrogens is 356 g/mol. The Balaban J connectivity index is 1.60. The normalized spacial score (nSPS) is 19.1. The number of nitrogens with one attached hydrogen (secondary N) is 2. The molecular formula is C22H32N2O4+2. The Labute approximate surface area is 167 Å². The molecule has 0 unspecified atom stereocenters. The maximum Gasteiger partial charge on any atom is 0.127 e. The molecule has 0 spiro atoms. The van der Waals surface area contributed by atoms with Crippen LogP contribution >= 0.6 is 0 Å². The molecule has 1 heterocycles. The van der Waals surface area contributed by atoms with Gasteiger partial charge in [-0.1, -0.05) is 0 Å². The van der Waals surface area contributed by atoms with Gasteiger partial charge in [0.25, 0.3) is 0 Å². The van der Waals surface area contributed by atoms with Gasteiger partial charge in [0.2, 0.25) is 0 Å². The van der Waals surface area contributed by atoms with Gasteiger partial charge in [-0.3, -0.25) is 0 Å². The van der Waals surface area contributed by atoms with E-state index in [2.05, 4.69) is 12.1 Å².